The van der Waals surface area contributed by atoms with E-state index < -0.39 is 0 Å². The van der Waals surface area contributed by atoms with E-state index in [9.17, 15) is 0 Å². The number of hydrogen-bond donors (Lipinski definition) is 1. The van der Waals surface area contributed by atoms with Gasteiger partial charge in [-0.1, -0.05) is 57.9 Å². The Kier molecular flexibility index (Phi) is 5.57. The maximum absolute atomic E-state index is 6.02. The highest BCUT2D eigenvalue weighted by Crippen LogP contribution is 2.25. The molecule has 0 radical (unpaired) electrons. The van der Waals surface area contributed by atoms with Crippen LogP contribution in [0.25, 0.3) is 0 Å². The maximum Gasteiger partial charge on any atom is 0.0471 e. The Morgan fingerprint density at radius 2 is 1.90 bits per heavy atom. The number of nitrogens with two attached hydrogens (primary N) is 1. The van der Waals surface area contributed by atoms with Crippen LogP contribution in [0.1, 0.15) is 28.3 Å². The zero-order valence-electron chi connectivity index (χ0n) is 12.9. The number of aryl methyl sites for hydroxylation is 2. The Labute approximate surface area is 136 Å². The summed E-state index contributed by atoms with van der Waals surface area (Å²) in [5.74, 6) is 0. The minimum absolute atomic E-state index is 0.224. The van der Waals surface area contributed by atoms with Crippen LogP contribution in [0.3, 0.4) is 0 Å². The second-order valence-corrected chi connectivity index (χ2v) is 6.52. The molecule has 0 saturated heterocycles. The van der Waals surface area contributed by atoms with Gasteiger partial charge in [-0.05, 0) is 43.7 Å². The monoisotopic (exact) mass is 346 g/mol. The second kappa shape index (κ2) is 7.21. The van der Waals surface area contributed by atoms with Crippen molar-refractivity contribution in [3.05, 3.63) is 69.2 Å². The van der Waals surface area contributed by atoms with Crippen LogP contribution in [0.15, 0.2) is 46.9 Å². The molecule has 0 aliphatic rings. The predicted molar refractivity (Wildman–Crippen MR) is 93.3 cm³/mol. The lowest BCUT2D eigenvalue weighted by Gasteiger charge is -2.28. The van der Waals surface area contributed by atoms with E-state index in [4.69, 9.17) is 5.73 Å². The Morgan fingerprint density at radius 3 is 2.52 bits per heavy atom. The summed E-state index contributed by atoms with van der Waals surface area (Å²) in [4.78, 5) is 2.31. The minimum atomic E-state index is 0.224. The van der Waals surface area contributed by atoms with Crippen molar-refractivity contribution in [3.8, 4) is 0 Å². The number of rotatable bonds is 5. The first-order valence-electron chi connectivity index (χ1n) is 7.23. The molecular weight excluding hydrogens is 324 g/mol. The largest absolute Gasteiger partial charge is 0.329 e. The fourth-order valence-electron chi connectivity index (χ4n) is 2.60. The van der Waals surface area contributed by atoms with E-state index in [2.05, 4.69) is 84.2 Å². The lowest BCUT2D eigenvalue weighted by Crippen LogP contribution is -2.30. The molecule has 2 N–H and O–H groups in total. The molecular formula is C18H23BrN2. The summed E-state index contributed by atoms with van der Waals surface area (Å²) in [6.07, 6.45) is 0. The fourth-order valence-corrected chi connectivity index (χ4v) is 2.99. The third kappa shape index (κ3) is 4.16. The lowest BCUT2D eigenvalue weighted by atomic mass is 10.0. The normalized spacial score (nSPS) is 12.7. The summed E-state index contributed by atoms with van der Waals surface area (Å²) in [6.45, 7) is 5.73. The van der Waals surface area contributed by atoms with Gasteiger partial charge in [-0.3, -0.25) is 4.90 Å². The van der Waals surface area contributed by atoms with Gasteiger partial charge >= 0.3 is 0 Å². The van der Waals surface area contributed by atoms with Crippen LogP contribution in [-0.2, 0) is 6.54 Å². The fraction of sp³-hybridized carbons (Fsp3) is 0.333. The first-order chi connectivity index (χ1) is 10.0. The molecule has 112 valence electrons. The van der Waals surface area contributed by atoms with Crippen molar-refractivity contribution >= 4 is 15.9 Å². The maximum atomic E-state index is 6.02. The van der Waals surface area contributed by atoms with Crippen LogP contribution in [0.4, 0.5) is 0 Å². The van der Waals surface area contributed by atoms with Gasteiger partial charge < -0.3 is 5.73 Å². The zero-order chi connectivity index (χ0) is 15.4. The van der Waals surface area contributed by atoms with E-state index in [1.54, 1.807) is 0 Å². The summed E-state index contributed by atoms with van der Waals surface area (Å²) in [7, 11) is 2.13. The summed E-state index contributed by atoms with van der Waals surface area (Å²) in [5.41, 5.74) is 11.1. The summed E-state index contributed by atoms with van der Waals surface area (Å²) < 4.78 is 1.14. The molecule has 2 nitrogen and oxygen atoms in total. The molecule has 0 saturated carbocycles. The third-order valence-electron chi connectivity index (χ3n) is 3.85. The number of halogens is 1. The van der Waals surface area contributed by atoms with E-state index >= 15 is 0 Å². The van der Waals surface area contributed by atoms with Gasteiger partial charge in [0.1, 0.15) is 0 Å². The standard InChI is InChI=1S/C18H23BrN2/c1-13-5-4-6-15(9-13)12-21(3)18(11-20)16-8-7-14(2)17(19)10-16/h4-10,18H,11-12,20H2,1-3H3. The molecule has 2 aromatic rings. The summed E-state index contributed by atoms with van der Waals surface area (Å²) in [6, 6.07) is 15.4. The second-order valence-electron chi connectivity index (χ2n) is 5.66. The third-order valence-corrected chi connectivity index (χ3v) is 4.70. The molecule has 0 bridgehead atoms. The van der Waals surface area contributed by atoms with Crippen molar-refractivity contribution in [1.82, 2.24) is 4.90 Å². The molecule has 2 rings (SSSR count). The molecule has 2 aromatic carbocycles. The SMILES string of the molecule is Cc1cccc(CN(C)C(CN)c2ccc(C)c(Br)c2)c1. The van der Waals surface area contributed by atoms with Gasteiger partial charge in [0.05, 0.1) is 0 Å². The molecule has 0 aliphatic carbocycles. The summed E-state index contributed by atoms with van der Waals surface area (Å²) in [5, 5.41) is 0. The Morgan fingerprint density at radius 1 is 1.14 bits per heavy atom. The molecule has 1 unspecified atom stereocenters. The van der Waals surface area contributed by atoms with Crippen LogP contribution < -0.4 is 5.73 Å². The van der Waals surface area contributed by atoms with Crippen molar-refractivity contribution in [1.29, 1.82) is 0 Å². The molecule has 0 spiro atoms. The van der Waals surface area contributed by atoms with Crippen LogP contribution in [-0.4, -0.2) is 18.5 Å². The number of nitrogens with zero attached hydrogens (tertiary/aromatic N) is 1. The first-order valence-corrected chi connectivity index (χ1v) is 8.02. The number of hydrogen-bond acceptors (Lipinski definition) is 2. The zero-order valence-corrected chi connectivity index (χ0v) is 14.5. The highest BCUT2D eigenvalue weighted by molar-refractivity contribution is 9.10. The van der Waals surface area contributed by atoms with Gasteiger partial charge in [0, 0.05) is 23.6 Å². The average Bonchev–Trinajstić information content (AvgIpc) is 2.43. The molecule has 0 heterocycles. The van der Waals surface area contributed by atoms with Gasteiger partial charge in [0.2, 0.25) is 0 Å². The van der Waals surface area contributed by atoms with E-state index in [0.29, 0.717) is 6.54 Å². The van der Waals surface area contributed by atoms with Crippen LogP contribution in [0.5, 0.6) is 0 Å². The van der Waals surface area contributed by atoms with E-state index in [0.717, 1.165) is 11.0 Å². The van der Waals surface area contributed by atoms with Crippen LogP contribution in [0, 0.1) is 13.8 Å². The Balaban J connectivity index is 2.18. The van der Waals surface area contributed by atoms with Gasteiger partial charge in [-0.15, -0.1) is 0 Å². The molecule has 1 atom stereocenters. The van der Waals surface area contributed by atoms with E-state index in [1.807, 2.05) is 0 Å². The predicted octanol–water partition coefficient (Wildman–Crippen LogP) is 4.20. The highest BCUT2D eigenvalue weighted by atomic mass is 79.9. The van der Waals surface area contributed by atoms with Gasteiger partial charge in [0.25, 0.3) is 0 Å². The van der Waals surface area contributed by atoms with Crippen molar-refractivity contribution < 1.29 is 0 Å². The number of benzene rings is 2. The van der Waals surface area contributed by atoms with Gasteiger partial charge in [0.15, 0.2) is 0 Å². The van der Waals surface area contributed by atoms with Crippen LogP contribution >= 0.6 is 15.9 Å². The molecule has 0 aliphatic heterocycles. The smallest absolute Gasteiger partial charge is 0.0471 e. The lowest BCUT2D eigenvalue weighted by molar-refractivity contribution is 0.241. The van der Waals surface area contributed by atoms with Crippen molar-refractivity contribution in [2.24, 2.45) is 5.73 Å². The van der Waals surface area contributed by atoms with E-state index in [1.165, 1.54) is 22.3 Å². The van der Waals surface area contributed by atoms with Crippen molar-refractivity contribution in [2.45, 2.75) is 26.4 Å². The average molecular weight is 347 g/mol. The molecule has 21 heavy (non-hydrogen) atoms. The summed E-state index contributed by atoms with van der Waals surface area (Å²) >= 11 is 3.61. The van der Waals surface area contributed by atoms with Gasteiger partial charge in [-0.25, -0.2) is 0 Å². The Hall–Kier alpha value is -1.16. The molecule has 3 heteroatoms. The molecule has 0 amide bonds. The van der Waals surface area contributed by atoms with Gasteiger partial charge in [-0.2, -0.15) is 0 Å². The highest BCUT2D eigenvalue weighted by Gasteiger charge is 2.16. The minimum Gasteiger partial charge on any atom is -0.329 e. The quantitative estimate of drug-likeness (QED) is 0.878. The van der Waals surface area contributed by atoms with Crippen LogP contribution in [0.2, 0.25) is 0 Å². The Bertz CT molecular complexity index is 610. The molecule has 0 fully saturated rings. The number of likely N-dealkylation sites (N-methyl/N-ethyl adjacent to an activating group) is 1. The van der Waals surface area contributed by atoms with E-state index in [-0.39, 0.29) is 6.04 Å². The topological polar surface area (TPSA) is 29.3 Å². The van der Waals surface area contributed by atoms with Crippen molar-refractivity contribution in [3.63, 3.8) is 0 Å². The molecule has 0 aromatic heterocycles. The first kappa shape index (κ1) is 16.2. The van der Waals surface area contributed by atoms with Crippen molar-refractivity contribution in [2.75, 3.05) is 13.6 Å².